The molecule has 0 spiro atoms. The van der Waals surface area contributed by atoms with Crippen molar-refractivity contribution in [2.75, 3.05) is 37.0 Å². The summed E-state index contributed by atoms with van der Waals surface area (Å²) in [5.41, 5.74) is 2.84. The van der Waals surface area contributed by atoms with E-state index in [1.807, 2.05) is 36.1 Å². The van der Waals surface area contributed by atoms with Crippen LogP contribution in [0.4, 0.5) is 16.3 Å². The second-order valence-corrected chi connectivity index (χ2v) is 7.99. The lowest BCUT2D eigenvalue weighted by molar-refractivity contribution is 0.205. The highest BCUT2D eigenvalue weighted by molar-refractivity contribution is 5.91. The maximum atomic E-state index is 12.9. The van der Waals surface area contributed by atoms with Gasteiger partial charge < -0.3 is 19.9 Å². The first-order chi connectivity index (χ1) is 14.0. The number of para-hydroxylation sites is 2. The van der Waals surface area contributed by atoms with Gasteiger partial charge in [-0.1, -0.05) is 19.1 Å². The molecule has 0 saturated carbocycles. The number of carbonyl (C=O) groups is 1. The minimum atomic E-state index is -0.126. The smallest absolute Gasteiger partial charge is 0.322 e. The van der Waals surface area contributed by atoms with Crippen molar-refractivity contribution in [3.05, 3.63) is 41.3 Å². The highest BCUT2D eigenvalue weighted by Crippen LogP contribution is 2.30. The van der Waals surface area contributed by atoms with Crippen LogP contribution >= 0.6 is 0 Å². The van der Waals surface area contributed by atoms with E-state index in [1.54, 1.807) is 7.11 Å². The van der Waals surface area contributed by atoms with Crippen molar-refractivity contribution < 1.29 is 9.53 Å². The Hall–Kier alpha value is -2.83. The van der Waals surface area contributed by atoms with Crippen LogP contribution in [0.15, 0.2) is 24.3 Å². The van der Waals surface area contributed by atoms with Gasteiger partial charge in [-0.15, -0.1) is 0 Å². The second-order valence-electron chi connectivity index (χ2n) is 7.99. The van der Waals surface area contributed by atoms with Gasteiger partial charge in [-0.05, 0) is 37.8 Å². The maximum absolute atomic E-state index is 12.9. The Kier molecular flexibility index (Phi) is 5.56. The van der Waals surface area contributed by atoms with Gasteiger partial charge in [-0.2, -0.15) is 0 Å². The van der Waals surface area contributed by atoms with E-state index in [1.165, 1.54) is 12.8 Å². The van der Waals surface area contributed by atoms with E-state index in [9.17, 15) is 4.79 Å². The number of benzene rings is 1. The molecule has 1 aromatic heterocycles. The molecule has 2 aliphatic heterocycles. The maximum Gasteiger partial charge on any atom is 0.322 e. The second kappa shape index (κ2) is 8.27. The van der Waals surface area contributed by atoms with Crippen molar-refractivity contribution in [1.29, 1.82) is 0 Å². The number of piperidine rings is 1. The number of aryl methyl sites for hydroxylation is 1. The lowest BCUT2D eigenvalue weighted by Crippen LogP contribution is -2.41. The molecule has 2 amide bonds. The minimum absolute atomic E-state index is 0.126. The summed E-state index contributed by atoms with van der Waals surface area (Å²) in [6, 6.07) is 7.33. The average Bonchev–Trinajstić information content (AvgIpc) is 2.73. The number of urea groups is 1. The van der Waals surface area contributed by atoms with Crippen LogP contribution in [0.3, 0.4) is 0 Å². The van der Waals surface area contributed by atoms with Crippen LogP contribution in [-0.2, 0) is 13.0 Å². The summed E-state index contributed by atoms with van der Waals surface area (Å²) in [6.45, 7) is 7.45. The van der Waals surface area contributed by atoms with Gasteiger partial charge in [0.05, 0.1) is 25.0 Å². The number of rotatable bonds is 3. The number of amides is 2. The van der Waals surface area contributed by atoms with Gasteiger partial charge in [-0.25, -0.2) is 14.8 Å². The molecular formula is C22H29N5O2. The molecule has 2 aromatic rings. The molecule has 3 heterocycles. The molecule has 154 valence electrons. The predicted molar refractivity (Wildman–Crippen MR) is 114 cm³/mol. The number of anilines is 2. The molecule has 7 heteroatoms. The number of nitrogens with zero attached hydrogens (tertiary/aromatic N) is 4. The van der Waals surface area contributed by atoms with Gasteiger partial charge in [0.2, 0.25) is 0 Å². The first-order valence-corrected chi connectivity index (χ1v) is 10.4. The van der Waals surface area contributed by atoms with Crippen LogP contribution in [0, 0.1) is 12.8 Å². The topological polar surface area (TPSA) is 70.6 Å². The molecule has 0 unspecified atom stereocenters. The Morgan fingerprint density at radius 1 is 1.17 bits per heavy atom. The quantitative estimate of drug-likeness (QED) is 0.860. The minimum Gasteiger partial charge on any atom is -0.495 e. The fourth-order valence-corrected chi connectivity index (χ4v) is 4.11. The number of hydrogen-bond acceptors (Lipinski definition) is 5. The Labute approximate surface area is 172 Å². The highest BCUT2D eigenvalue weighted by atomic mass is 16.5. The number of hydrogen-bond donors (Lipinski definition) is 1. The predicted octanol–water partition coefficient (Wildman–Crippen LogP) is 3.62. The number of fused-ring (bicyclic) bond motifs is 1. The van der Waals surface area contributed by atoms with E-state index in [4.69, 9.17) is 9.72 Å². The van der Waals surface area contributed by atoms with Crippen molar-refractivity contribution in [2.45, 2.75) is 39.7 Å². The largest absolute Gasteiger partial charge is 0.495 e. The number of aromatic nitrogens is 2. The molecule has 1 N–H and O–H groups in total. The third-order valence-electron chi connectivity index (χ3n) is 5.87. The summed E-state index contributed by atoms with van der Waals surface area (Å²) in [7, 11) is 1.60. The van der Waals surface area contributed by atoms with E-state index < -0.39 is 0 Å². The number of methoxy groups -OCH3 is 1. The van der Waals surface area contributed by atoms with Gasteiger partial charge in [0.25, 0.3) is 0 Å². The van der Waals surface area contributed by atoms with Gasteiger partial charge in [0.1, 0.15) is 17.4 Å². The number of nitrogens with one attached hydrogen (secondary N) is 1. The van der Waals surface area contributed by atoms with Crippen molar-refractivity contribution in [1.82, 2.24) is 14.9 Å². The zero-order chi connectivity index (χ0) is 20.4. The number of ether oxygens (including phenoxy) is 1. The van der Waals surface area contributed by atoms with E-state index in [0.717, 1.165) is 48.3 Å². The Morgan fingerprint density at radius 3 is 2.69 bits per heavy atom. The summed E-state index contributed by atoms with van der Waals surface area (Å²) in [4.78, 5) is 26.6. The Balaban J connectivity index is 1.55. The first-order valence-electron chi connectivity index (χ1n) is 10.4. The van der Waals surface area contributed by atoms with Crippen LogP contribution in [0.25, 0.3) is 0 Å². The van der Waals surface area contributed by atoms with Crippen LogP contribution in [0.1, 0.15) is 36.8 Å². The van der Waals surface area contributed by atoms with E-state index in [2.05, 4.69) is 22.1 Å². The van der Waals surface area contributed by atoms with E-state index in [-0.39, 0.29) is 6.03 Å². The van der Waals surface area contributed by atoms with Crippen molar-refractivity contribution >= 4 is 17.5 Å². The zero-order valence-corrected chi connectivity index (χ0v) is 17.4. The summed E-state index contributed by atoms with van der Waals surface area (Å²) in [6.07, 6.45) is 3.10. The standard InChI is InChI=1S/C22H29N5O2/c1-15-8-11-26(12-9-15)21-17-14-27(13-10-18(17)23-16(2)24-21)22(28)25-19-6-4-5-7-20(19)29-3/h4-7,15H,8-14H2,1-3H3,(H,25,28). The van der Waals surface area contributed by atoms with Crippen molar-refractivity contribution in [3.8, 4) is 5.75 Å². The molecule has 2 aliphatic rings. The molecule has 1 aromatic carbocycles. The van der Waals surface area contributed by atoms with Gasteiger partial charge in [0.15, 0.2) is 0 Å². The monoisotopic (exact) mass is 395 g/mol. The third-order valence-corrected chi connectivity index (χ3v) is 5.87. The average molecular weight is 396 g/mol. The van der Waals surface area contributed by atoms with Crippen LogP contribution in [0.2, 0.25) is 0 Å². The fraction of sp³-hybridized carbons (Fsp3) is 0.500. The molecule has 0 aliphatic carbocycles. The normalized spacial score (nSPS) is 17.1. The Morgan fingerprint density at radius 2 is 1.93 bits per heavy atom. The molecule has 0 radical (unpaired) electrons. The van der Waals surface area contributed by atoms with E-state index >= 15 is 0 Å². The molecule has 29 heavy (non-hydrogen) atoms. The number of carbonyl (C=O) groups excluding carboxylic acids is 1. The Bertz CT molecular complexity index is 893. The molecule has 0 bridgehead atoms. The third kappa shape index (κ3) is 4.13. The van der Waals surface area contributed by atoms with Gasteiger partial charge in [-0.3, -0.25) is 0 Å². The summed E-state index contributed by atoms with van der Waals surface area (Å²) < 4.78 is 5.35. The molecule has 0 atom stereocenters. The SMILES string of the molecule is COc1ccccc1NC(=O)N1CCc2nc(C)nc(N3CCC(C)CC3)c2C1. The molecular weight excluding hydrogens is 366 g/mol. The fourth-order valence-electron chi connectivity index (χ4n) is 4.11. The van der Waals surface area contributed by atoms with Crippen LogP contribution in [-0.4, -0.2) is 47.6 Å². The summed E-state index contributed by atoms with van der Waals surface area (Å²) in [5.74, 6) is 3.23. The molecule has 4 rings (SSSR count). The molecule has 1 fully saturated rings. The molecule has 1 saturated heterocycles. The van der Waals surface area contributed by atoms with Gasteiger partial charge in [0, 0.05) is 31.6 Å². The summed E-state index contributed by atoms with van der Waals surface area (Å²) >= 11 is 0. The lowest BCUT2D eigenvalue weighted by atomic mass is 9.98. The van der Waals surface area contributed by atoms with Crippen LogP contribution in [0.5, 0.6) is 5.75 Å². The zero-order valence-electron chi connectivity index (χ0n) is 17.4. The molecule has 7 nitrogen and oxygen atoms in total. The van der Waals surface area contributed by atoms with Crippen LogP contribution < -0.4 is 15.0 Å². The first kappa shape index (κ1) is 19.5. The van der Waals surface area contributed by atoms with Crippen molar-refractivity contribution in [3.63, 3.8) is 0 Å². The van der Waals surface area contributed by atoms with E-state index in [0.29, 0.717) is 24.5 Å². The van der Waals surface area contributed by atoms with Crippen molar-refractivity contribution in [2.24, 2.45) is 5.92 Å². The lowest BCUT2D eigenvalue weighted by Gasteiger charge is -2.36. The summed E-state index contributed by atoms with van der Waals surface area (Å²) in [5, 5.41) is 2.99. The van der Waals surface area contributed by atoms with Gasteiger partial charge >= 0.3 is 6.03 Å². The highest BCUT2D eigenvalue weighted by Gasteiger charge is 2.28.